The molecule has 0 saturated heterocycles. The summed E-state index contributed by atoms with van der Waals surface area (Å²) in [4.78, 5) is 36.3. The molecule has 8 heteroatoms. The number of anilines is 1. The van der Waals surface area contributed by atoms with Crippen molar-refractivity contribution in [3.05, 3.63) is 43.8 Å². The maximum Gasteiger partial charge on any atom is 0.329 e. The first-order valence-electron chi connectivity index (χ1n) is 6.08. The van der Waals surface area contributed by atoms with Crippen LogP contribution in [0.3, 0.4) is 0 Å². The maximum atomic E-state index is 11.9. The van der Waals surface area contributed by atoms with Crippen LogP contribution in [0.4, 0.5) is 5.69 Å². The number of hydrogen-bond acceptors (Lipinski definition) is 5. The van der Waals surface area contributed by atoms with Crippen molar-refractivity contribution in [2.24, 2.45) is 0 Å². The Hall–Kier alpha value is -2.87. The van der Waals surface area contributed by atoms with Crippen LogP contribution in [0.15, 0.2) is 29.1 Å². The Labute approximate surface area is 128 Å². The molecule has 2 aromatic rings. The van der Waals surface area contributed by atoms with Crippen LogP contribution >= 0.6 is 11.3 Å². The number of ether oxygens (including phenoxy) is 1. The van der Waals surface area contributed by atoms with Gasteiger partial charge in [-0.3, -0.25) is 9.59 Å². The fraction of sp³-hybridized carbons (Fsp3) is 0.0714. The number of aromatic nitrogens is 1. The van der Waals surface area contributed by atoms with E-state index in [2.05, 4.69) is 10.3 Å². The molecule has 0 fully saturated rings. The van der Waals surface area contributed by atoms with E-state index < -0.39 is 17.4 Å². The number of amides is 1. The summed E-state index contributed by atoms with van der Waals surface area (Å²) in [5.41, 5.74) is -0.00958. The summed E-state index contributed by atoms with van der Waals surface area (Å²) in [7, 11) is 1.52. The number of benzene rings is 1. The lowest BCUT2D eigenvalue weighted by molar-refractivity contribution is -0.129. The second kappa shape index (κ2) is 6.72. The minimum absolute atomic E-state index is 0.0212. The van der Waals surface area contributed by atoms with Gasteiger partial charge in [-0.1, -0.05) is 6.07 Å². The fourth-order valence-electron chi connectivity index (χ4n) is 1.63. The molecule has 1 heterocycles. The highest BCUT2D eigenvalue weighted by atomic mass is 32.1. The van der Waals surface area contributed by atoms with E-state index in [9.17, 15) is 14.4 Å². The lowest BCUT2D eigenvalue weighted by Gasteiger charge is -2.04. The largest absolute Gasteiger partial charge is 0.497 e. The van der Waals surface area contributed by atoms with Crippen molar-refractivity contribution in [2.45, 2.75) is 0 Å². The Bertz CT molecular complexity index is 881. The van der Waals surface area contributed by atoms with Crippen LogP contribution in [-0.2, 0) is 9.59 Å². The second-order valence-corrected chi connectivity index (χ2v) is 5.22. The summed E-state index contributed by atoms with van der Waals surface area (Å²) in [6, 6.07) is 6.80. The van der Waals surface area contributed by atoms with Crippen molar-refractivity contribution in [1.29, 1.82) is 0 Å². The van der Waals surface area contributed by atoms with Gasteiger partial charge in [-0.05, 0) is 12.1 Å². The zero-order valence-electron chi connectivity index (χ0n) is 11.5. The van der Waals surface area contributed by atoms with Gasteiger partial charge in [-0.25, -0.2) is 4.79 Å². The highest BCUT2D eigenvalue weighted by Crippen LogP contribution is 2.16. The minimum atomic E-state index is -1.22. The number of H-pyrrole nitrogens is 1. The van der Waals surface area contributed by atoms with Crippen LogP contribution in [0.2, 0.25) is 0 Å². The molecule has 7 nitrogen and oxygen atoms in total. The van der Waals surface area contributed by atoms with Gasteiger partial charge in [0.2, 0.25) is 0 Å². The fourth-order valence-corrected chi connectivity index (χ4v) is 2.48. The number of nitrogens with one attached hydrogen (secondary N) is 2. The van der Waals surface area contributed by atoms with Crippen molar-refractivity contribution >= 4 is 41.1 Å². The minimum Gasteiger partial charge on any atom is -0.497 e. The Morgan fingerprint density at radius 1 is 1.36 bits per heavy atom. The Morgan fingerprint density at radius 3 is 2.82 bits per heavy atom. The molecule has 1 amide bonds. The van der Waals surface area contributed by atoms with Crippen molar-refractivity contribution in [3.63, 3.8) is 0 Å². The predicted octanol–water partition coefficient (Wildman–Crippen LogP) is -0.271. The van der Waals surface area contributed by atoms with Gasteiger partial charge in [0, 0.05) is 23.9 Å². The second-order valence-electron chi connectivity index (χ2n) is 4.13. The van der Waals surface area contributed by atoms with E-state index in [4.69, 9.17) is 9.84 Å². The molecule has 0 bridgehead atoms. The molecule has 0 spiro atoms. The highest BCUT2D eigenvalue weighted by molar-refractivity contribution is 7.07. The molecule has 0 aliphatic carbocycles. The van der Waals surface area contributed by atoms with E-state index in [0.29, 0.717) is 11.4 Å². The smallest absolute Gasteiger partial charge is 0.329 e. The predicted molar refractivity (Wildman–Crippen MR) is 82.4 cm³/mol. The van der Waals surface area contributed by atoms with Gasteiger partial charge in [0.15, 0.2) is 0 Å². The molecule has 1 aromatic heterocycles. The summed E-state index contributed by atoms with van der Waals surface area (Å²) in [6.45, 7) is 0. The van der Waals surface area contributed by atoms with Crippen LogP contribution in [-0.4, -0.2) is 29.1 Å². The van der Waals surface area contributed by atoms with Gasteiger partial charge in [0.1, 0.15) is 14.9 Å². The number of rotatable bonds is 4. The molecule has 1 aromatic carbocycles. The number of carboxylic acids is 1. The van der Waals surface area contributed by atoms with E-state index in [-0.39, 0.29) is 9.20 Å². The molecule has 0 radical (unpaired) electrons. The van der Waals surface area contributed by atoms with Crippen molar-refractivity contribution in [1.82, 2.24) is 4.98 Å². The van der Waals surface area contributed by atoms with Gasteiger partial charge in [-0.15, -0.1) is 11.3 Å². The van der Waals surface area contributed by atoms with Crippen LogP contribution in [0.5, 0.6) is 5.75 Å². The quantitative estimate of drug-likeness (QED) is 0.718. The Balaban J connectivity index is 2.24. The van der Waals surface area contributed by atoms with Gasteiger partial charge in [-0.2, -0.15) is 0 Å². The van der Waals surface area contributed by atoms with E-state index in [1.54, 1.807) is 24.3 Å². The normalized spacial score (nSPS) is 12.2. The van der Waals surface area contributed by atoms with Gasteiger partial charge in [0.05, 0.1) is 7.11 Å². The summed E-state index contributed by atoms with van der Waals surface area (Å²) in [5.74, 6) is -1.08. The number of aromatic amines is 1. The van der Waals surface area contributed by atoms with Crippen LogP contribution < -0.4 is 24.8 Å². The van der Waals surface area contributed by atoms with Crippen molar-refractivity contribution in [3.8, 4) is 5.75 Å². The molecule has 2 rings (SSSR count). The molecule has 3 N–H and O–H groups in total. The molecule has 114 valence electrons. The standard InChI is InChI=1S/C14H12N2O5S/c1-21-9-4-2-3-8(5-9)15-11(17)7-12-16-14(20)10(22-12)6-13(18)19/h2-7H,1H3,(H,15,17)(H,16,20)(H,18,19). The van der Waals surface area contributed by atoms with E-state index in [1.165, 1.54) is 13.2 Å². The summed E-state index contributed by atoms with van der Waals surface area (Å²) in [6.07, 6.45) is 1.98. The van der Waals surface area contributed by atoms with Gasteiger partial charge in [0.25, 0.3) is 11.5 Å². The third-order valence-corrected chi connectivity index (χ3v) is 3.50. The summed E-state index contributed by atoms with van der Waals surface area (Å²) < 4.78 is 5.33. The molecular weight excluding hydrogens is 308 g/mol. The van der Waals surface area contributed by atoms with Crippen LogP contribution in [0.1, 0.15) is 0 Å². The van der Waals surface area contributed by atoms with Crippen molar-refractivity contribution in [2.75, 3.05) is 12.4 Å². The Kier molecular flexibility index (Phi) is 4.74. The number of hydrogen-bond donors (Lipinski definition) is 3. The number of methoxy groups -OCH3 is 1. The topological polar surface area (TPSA) is 108 Å². The number of carbonyl (C=O) groups excluding carboxylic acids is 1. The van der Waals surface area contributed by atoms with E-state index >= 15 is 0 Å². The maximum absolute atomic E-state index is 11.9. The summed E-state index contributed by atoms with van der Waals surface area (Å²) >= 11 is 0.889. The monoisotopic (exact) mass is 320 g/mol. The lowest BCUT2D eigenvalue weighted by atomic mass is 10.3. The molecule has 22 heavy (non-hydrogen) atoms. The number of aliphatic carboxylic acids is 1. The molecule has 0 aliphatic rings. The first kappa shape index (κ1) is 15.5. The number of thiazole rings is 1. The third kappa shape index (κ3) is 4.06. The molecule has 0 atom stereocenters. The number of carbonyl (C=O) groups is 2. The van der Waals surface area contributed by atoms with Gasteiger partial charge >= 0.3 is 5.97 Å². The zero-order chi connectivity index (χ0) is 16.1. The molecule has 0 unspecified atom stereocenters. The number of carboxylic acid groups (broad SMARTS) is 1. The average Bonchev–Trinajstić information content (AvgIpc) is 2.77. The zero-order valence-corrected chi connectivity index (χ0v) is 12.3. The Morgan fingerprint density at radius 2 is 2.14 bits per heavy atom. The average molecular weight is 320 g/mol. The van der Waals surface area contributed by atoms with E-state index in [1.807, 2.05) is 0 Å². The first-order chi connectivity index (χ1) is 10.5. The summed E-state index contributed by atoms with van der Waals surface area (Å²) in [5, 5.41) is 11.2. The van der Waals surface area contributed by atoms with Crippen LogP contribution in [0.25, 0.3) is 12.2 Å². The lowest BCUT2D eigenvalue weighted by Crippen LogP contribution is -2.21. The first-order valence-corrected chi connectivity index (χ1v) is 6.90. The molecule has 0 aliphatic heterocycles. The highest BCUT2D eigenvalue weighted by Gasteiger charge is 2.02. The molecule has 0 saturated carbocycles. The van der Waals surface area contributed by atoms with Crippen molar-refractivity contribution < 1.29 is 19.4 Å². The van der Waals surface area contributed by atoms with Crippen LogP contribution in [0, 0.1) is 0 Å². The van der Waals surface area contributed by atoms with E-state index in [0.717, 1.165) is 17.4 Å². The molecular formula is C14H12N2O5S. The third-order valence-electron chi connectivity index (χ3n) is 2.53. The SMILES string of the molecule is COc1cccc(NC(=O)C=c2[nH]c(=O)c(=CC(=O)O)s2)c1. The van der Waals surface area contributed by atoms with Gasteiger partial charge < -0.3 is 20.1 Å².